The Balaban J connectivity index is 2.05. The highest BCUT2D eigenvalue weighted by Gasteiger charge is 2.14. The molecule has 6 nitrogen and oxygen atoms in total. The van der Waals surface area contributed by atoms with Crippen molar-refractivity contribution in [1.82, 2.24) is 14.5 Å². The van der Waals surface area contributed by atoms with Crippen molar-refractivity contribution >= 4 is 17.4 Å². The van der Waals surface area contributed by atoms with E-state index in [4.69, 9.17) is 18.2 Å². The monoisotopic (exact) mass is 400 g/mol. The van der Waals surface area contributed by atoms with Gasteiger partial charge in [-0.25, -0.2) is 4.79 Å². The summed E-state index contributed by atoms with van der Waals surface area (Å²) in [6.07, 6.45) is 4.83. The zero-order valence-electron chi connectivity index (χ0n) is 15.0. The molecule has 0 bridgehead atoms. The van der Waals surface area contributed by atoms with Crippen molar-refractivity contribution in [3.05, 3.63) is 110 Å². The van der Waals surface area contributed by atoms with Gasteiger partial charge in [-0.15, -0.1) is 0 Å². The minimum atomic E-state index is -0.365. The van der Waals surface area contributed by atoms with Crippen LogP contribution in [0.1, 0.15) is 0 Å². The van der Waals surface area contributed by atoms with Gasteiger partial charge in [0.25, 0.3) is 5.56 Å². The number of aromatic nitrogens is 3. The lowest BCUT2D eigenvalue weighted by atomic mass is 10.0. The molecule has 29 heavy (non-hydrogen) atoms. The first-order valence-corrected chi connectivity index (χ1v) is 8.99. The Hall–Kier alpha value is -3.95. The van der Waals surface area contributed by atoms with Crippen LogP contribution in [0.2, 0.25) is 5.02 Å². The van der Waals surface area contributed by atoms with E-state index in [1.807, 2.05) is 0 Å². The normalized spacial score (nSPS) is 10.5. The molecule has 4 rings (SSSR count). The number of pyridine rings is 3. The molecule has 3 aromatic heterocycles. The molecule has 140 valence electrons. The van der Waals surface area contributed by atoms with E-state index >= 15 is 0 Å². The molecule has 0 saturated heterocycles. The van der Waals surface area contributed by atoms with Crippen molar-refractivity contribution in [2.24, 2.45) is 0 Å². The Morgan fingerprint density at radius 2 is 1.86 bits per heavy atom. The maximum absolute atomic E-state index is 13.2. The summed E-state index contributed by atoms with van der Waals surface area (Å²) in [5.74, 6) is 0.103. The second-order valence-corrected chi connectivity index (χ2v) is 6.67. The minimum Gasteiger partial charge on any atom is -0.364 e. The molecule has 3 heterocycles. The summed E-state index contributed by atoms with van der Waals surface area (Å²) in [5.41, 5.74) is 2.14. The van der Waals surface area contributed by atoms with E-state index in [1.165, 1.54) is 10.6 Å². The van der Waals surface area contributed by atoms with E-state index in [0.717, 1.165) is 0 Å². The summed E-state index contributed by atoms with van der Waals surface area (Å²) in [7, 11) is 0. The van der Waals surface area contributed by atoms with Crippen LogP contribution in [0.3, 0.4) is 0 Å². The van der Waals surface area contributed by atoms with Gasteiger partial charge < -0.3 is 4.85 Å². The van der Waals surface area contributed by atoms with Gasteiger partial charge in [0.05, 0.1) is 11.9 Å². The number of H-pyrrole nitrogens is 1. The zero-order chi connectivity index (χ0) is 20.4. The standard InChI is InChI=1S/C22H13ClN4O2/c1-24-21-18(7-8-20(28)26-21)15-11-19(14-4-2-5-16(23)10-14)22(29)27(13-15)17-6-3-9-25-12-17/h2-13H,(H,26,28). The molecule has 0 radical (unpaired) electrons. The largest absolute Gasteiger partial charge is 0.364 e. The number of hydrogen-bond acceptors (Lipinski definition) is 3. The van der Waals surface area contributed by atoms with Crippen LogP contribution >= 0.6 is 11.6 Å². The van der Waals surface area contributed by atoms with Crippen molar-refractivity contribution in [1.29, 1.82) is 0 Å². The topological polar surface area (TPSA) is 72.1 Å². The first kappa shape index (κ1) is 18.4. The minimum absolute atomic E-state index is 0.103. The average molecular weight is 401 g/mol. The second-order valence-electron chi connectivity index (χ2n) is 6.24. The Kier molecular flexibility index (Phi) is 4.82. The summed E-state index contributed by atoms with van der Waals surface area (Å²) in [6, 6.07) is 15.1. The summed E-state index contributed by atoms with van der Waals surface area (Å²) < 4.78 is 1.47. The molecule has 0 saturated carbocycles. The third-order valence-corrected chi connectivity index (χ3v) is 4.63. The van der Waals surface area contributed by atoms with Crippen LogP contribution in [-0.4, -0.2) is 14.5 Å². The van der Waals surface area contributed by atoms with E-state index in [1.54, 1.807) is 67.1 Å². The van der Waals surface area contributed by atoms with Gasteiger partial charge in [-0.3, -0.25) is 19.3 Å². The van der Waals surface area contributed by atoms with Gasteiger partial charge in [0, 0.05) is 34.6 Å². The first-order chi connectivity index (χ1) is 14.1. The maximum atomic E-state index is 13.2. The van der Waals surface area contributed by atoms with Gasteiger partial charge in [0.15, 0.2) is 0 Å². The van der Waals surface area contributed by atoms with Crippen molar-refractivity contribution in [3.63, 3.8) is 0 Å². The van der Waals surface area contributed by atoms with E-state index in [0.29, 0.717) is 33.0 Å². The molecular formula is C22H13ClN4O2. The van der Waals surface area contributed by atoms with Gasteiger partial charge >= 0.3 is 5.56 Å². The summed E-state index contributed by atoms with van der Waals surface area (Å²) >= 11 is 6.13. The molecule has 4 aromatic rings. The third kappa shape index (κ3) is 3.59. The van der Waals surface area contributed by atoms with Crippen LogP contribution in [0.25, 0.3) is 32.8 Å². The molecule has 0 spiro atoms. The predicted octanol–water partition coefficient (Wildman–Crippen LogP) is 4.46. The molecule has 0 aliphatic rings. The van der Waals surface area contributed by atoms with Crippen LogP contribution < -0.4 is 11.1 Å². The summed E-state index contributed by atoms with van der Waals surface area (Å²) in [6.45, 7) is 7.40. The SMILES string of the molecule is [C-]#[N+]c1[nH]c(=O)ccc1-c1cc(-c2cccc(Cl)c2)c(=O)n(-c2cccnc2)c1. The molecule has 0 unspecified atom stereocenters. The van der Waals surface area contributed by atoms with Crippen LogP contribution in [0, 0.1) is 6.57 Å². The lowest BCUT2D eigenvalue weighted by molar-refractivity contribution is 0.983. The van der Waals surface area contributed by atoms with E-state index in [9.17, 15) is 9.59 Å². The zero-order valence-corrected chi connectivity index (χ0v) is 15.7. The Morgan fingerprint density at radius 3 is 2.59 bits per heavy atom. The highest BCUT2D eigenvalue weighted by Crippen LogP contribution is 2.30. The fraction of sp³-hybridized carbons (Fsp3) is 0. The van der Waals surface area contributed by atoms with Gasteiger partial charge in [-0.05, 0) is 41.5 Å². The number of halogens is 1. The lowest BCUT2D eigenvalue weighted by Gasteiger charge is -2.13. The summed E-state index contributed by atoms with van der Waals surface area (Å²) in [4.78, 5) is 34.9. The molecule has 0 aliphatic carbocycles. The van der Waals surface area contributed by atoms with Crippen LogP contribution in [0.5, 0.6) is 0 Å². The maximum Gasteiger partial charge on any atom is 0.316 e. The van der Waals surface area contributed by atoms with Gasteiger partial charge in [-0.1, -0.05) is 36.4 Å². The smallest absolute Gasteiger partial charge is 0.316 e. The van der Waals surface area contributed by atoms with Crippen LogP contribution in [0.4, 0.5) is 5.82 Å². The van der Waals surface area contributed by atoms with Crippen molar-refractivity contribution in [2.45, 2.75) is 0 Å². The Morgan fingerprint density at radius 1 is 1.00 bits per heavy atom. The molecule has 1 N–H and O–H groups in total. The molecular weight excluding hydrogens is 388 g/mol. The highest BCUT2D eigenvalue weighted by atomic mass is 35.5. The fourth-order valence-corrected chi connectivity index (χ4v) is 3.26. The van der Waals surface area contributed by atoms with E-state index < -0.39 is 0 Å². The second kappa shape index (κ2) is 7.58. The predicted molar refractivity (Wildman–Crippen MR) is 113 cm³/mol. The number of aromatic amines is 1. The number of rotatable bonds is 3. The molecule has 7 heteroatoms. The summed E-state index contributed by atoms with van der Waals surface area (Å²) in [5, 5.41) is 0.506. The molecule has 0 aliphatic heterocycles. The molecule has 1 aromatic carbocycles. The van der Waals surface area contributed by atoms with Gasteiger partial charge in [0.2, 0.25) is 5.82 Å². The van der Waals surface area contributed by atoms with Crippen molar-refractivity contribution < 1.29 is 0 Å². The molecule has 0 fully saturated rings. The number of nitrogens with one attached hydrogen (secondary N) is 1. The lowest BCUT2D eigenvalue weighted by Crippen LogP contribution is -2.20. The first-order valence-electron chi connectivity index (χ1n) is 8.61. The Bertz CT molecular complexity index is 1370. The third-order valence-electron chi connectivity index (χ3n) is 4.40. The van der Waals surface area contributed by atoms with Crippen molar-refractivity contribution in [2.75, 3.05) is 0 Å². The van der Waals surface area contributed by atoms with Crippen LogP contribution in [0.15, 0.2) is 82.8 Å². The Labute approximate surface area is 170 Å². The molecule has 0 amide bonds. The number of hydrogen-bond donors (Lipinski definition) is 1. The van der Waals surface area contributed by atoms with Gasteiger partial charge in [-0.2, -0.15) is 0 Å². The molecule has 0 atom stereocenters. The van der Waals surface area contributed by atoms with Crippen molar-refractivity contribution in [3.8, 4) is 27.9 Å². The number of benzene rings is 1. The fourth-order valence-electron chi connectivity index (χ4n) is 3.06. The quantitative estimate of drug-likeness (QED) is 0.516. The highest BCUT2D eigenvalue weighted by molar-refractivity contribution is 6.30. The van der Waals surface area contributed by atoms with Crippen LogP contribution in [-0.2, 0) is 0 Å². The number of nitrogens with zero attached hydrogens (tertiary/aromatic N) is 3. The van der Waals surface area contributed by atoms with Gasteiger partial charge in [0.1, 0.15) is 0 Å². The van der Waals surface area contributed by atoms with E-state index in [2.05, 4.69) is 14.8 Å². The average Bonchev–Trinajstić information content (AvgIpc) is 2.74. The van der Waals surface area contributed by atoms with E-state index in [-0.39, 0.29) is 16.9 Å².